The molecular weight excluding hydrogens is 558 g/mol. The highest BCUT2D eigenvalue weighted by Gasteiger charge is 2.19. The molecule has 0 fully saturated rings. The molecule has 0 unspecified atom stereocenters. The van der Waals surface area contributed by atoms with Gasteiger partial charge in [-0.1, -0.05) is 115 Å². The Balaban J connectivity index is 1.23. The van der Waals surface area contributed by atoms with Crippen LogP contribution in [-0.4, -0.2) is 9.13 Å². The summed E-state index contributed by atoms with van der Waals surface area (Å²) >= 11 is 0. The Kier molecular flexibility index (Phi) is 5.88. The maximum Gasteiger partial charge on any atom is 0.101 e. The summed E-state index contributed by atoms with van der Waals surface area (Å²) in [6, 6.07) is 60.1. The number of nitriles is 1. The number of hydrogen-bond donors (Lipinski definition) is 0. The first-order chi connectivity index (χ1) is 22.8. The first-order valence-corrected chi connectivity index (χ1v) is 15.5. The Bertz CT molecular complexity index is 2560. The van der Waals surface area contributed by atoms with Gasteiger partial charge in [-0.15, -0.1) is 0 Å². The van der Waals surface area contributed by atoms with Gasteiger partial charge >= 0.3 is 0 Å². The maximum absolute atomic E-state index is 10.4. The molecule has 0 aliphatic heterocycles. The van der Waals surface area contributed by atoms with Gasteiger partial charge in [0.05, 0.1) is 33.3 Å². The molecule has 0 radical (unpaired) electrons. The van der Waals surface area contributed by atoms with Gasteiger partial charge in [-0.05, 0) is 65.2 Å². The molecule has 214 valence electrons. The number of hydrogen-bond acceptors (Lipinski definition) is 1. The second kappa shape index (κ2) is 10.4. The fourth-order valence-electron chi connectivity index (χ4n) is 7.16. The Hall–Kier alpha value is -6.37. The van der Waals surface area contributed by atoms with E-state index >= 15 is 0 Å². The van der Waals surface area contributed by atoms with Crippen LogP contribution in [0.1, 0.15) is 5.56 Å². The SMILES string of the molecule is N#Cc1cccc(-c2cccc(-c3cccc(-n4c5ccccc5c5ccccc54)c3)c2)c1-n1c2ccccc2c2ccccc21. The summed E-state index contributed by atoms with van der Waals surface area (Å²) in [5.41, 5.74) is 11.6. The van der Waals surface area contributed by atoms with Crippen molar-refractivity contribution >= 4 is 43.6 Å². The van der Waals surface area contributed by atoms with Crippen LogP contribution in [0.2, 0.25) is 0 Å². The Labute approximate surface area is 266 Å². The number of nitrogens with zero attached hydrogens (tertiary/aromatic N) is 3. The number of aromatic nitrogens is 2. The molecule has 9 rings (SSSR count). The summed E-state index contributed by atoms with van der Waals surface area (Å²) in [5, 5.41) is 15.2. The van der Waals surface area contributed by atoms with Crippen LogP contribution in [0.3, 0.4) is 0 Å². The fourth-order valence-corrected chi connectivity index (χ4v) is 7.16. The highest BCUT2D eigenvalue weighted by atomic mass is 15.0. The van der Waals surface area contributed by atoms with Crippen LogP contribution in [0, 0.1) is 11.3 Å². The van der Waals surface area contributed by atoms with Crippen molar-refractivity contribution in [1.29, 1.82) is 5.26 Å². The van der Waals surface area contributed by atoms with Crippen molar-refractivity contribution in [3.05, 3.63) is 169 Å². The molecule has 3 heteroatoms. The minimum Gasteiger partial charge on any atom is -0.309 e. The molecule has 0 N–H and O–H groups in total. The molecule has 2 aromatic heterocycles. The normalized spacial score (nSPS) is 11.5. The van der Waals surface area contributed by atoms with Gasteiger partial charge in [0.15, 0.2) is 0 Å². The predicted octanol–water partition coefficient (Wildman–Crippen LogP) is 11.1. The number of benzene rings is 7. The third-order valence-electron chi connectivity index (χ3n) is 9.15. The van der Waals surface area contributed by atoms with Crippen molar-refractivity contribution in [2.75, 3.05) is 0 Å². The van der Waals surface area contributed by atoms with Crippen molar-refractivity contribution in [2.24, 2.45) is 0 Å². The fraction of sp³-hybridized carbons (Fsp3) is 0. The maximum atomic E-state index is 10.4. The van der Waals surface area contributed by atoms with Crippen LogP contribution < -0.4 is 0 Å². The molecule has 7 aromatic carbocycles. The van der Waals surface area contributed by atoms with Crippen molar-refractivity contribution in [2.45, 2.75) is 0 Å². The average Bonchev–Trinajstić information content (AvgIpc) is 3.64. The summed E-state index contributed by atoms with van der Waals surface area (Å²) in [6.45, 7) is 0. The van der Waals surface area contributed by atoms with Gasteiger partial charge in [-0.2, -0.15) is 5.26 Å². The molecule has 0 aliphatic carbocycles. The van der Waals surface area contributed by atoms with Crippen LogP contribution in [0.15, 0.2) is 164 Å². The van der Waals surface area contributed by atoms with E-state index in [1.165, 1.54) is 32.6 Å². The number of rotatable bonds is 4. The third kappa shape index (κ3) is 3.91. The molecule has 9 aromatic rings. The lowest BCUT2D eigenvalue weighted by Crippen LogP contribution is -2.01. The van der Waals surface area contributed by atoms with Crippen LogP contribution in [0.4, 0.5) is 0 Å². The zero-order valence-corrected chi connectivity index (χ0v) is 24.9. The van der Waals surface area contributed by atoms with E-state index in [0.29, 0.717) is 5.56 Å². The van der Waals surface area contributed by atoms with Crippen molar-refractivity contribution < 1.29 is 0 Å². The minimum absolute atomic E-state index is 0.641. The van der Waals surface area contributed by atoms with Crippen LogP contribution in [0.5, 0.6) is 0 Å². The van der Waals surface area contributed by atoms with E-state index in [2.05, 4.69) is 167 Å². The van der Waals surface area contributed by atoms with E-state index in [-0.39, 0.29) is 0 Å². The lowest BCUT2D eigenvalue weighted by Gasteiger charge is -2.16. The molecular formula is C43H27N3. The van der Waals surface area contributed by atoms with Crippen LogP contribution in [0.25, 0.3) is 77.2 Å². The molecule has 46 heavy (non-hydrogen) atoms. The number of para-hydroxylation sites is 5. The predicted molar refractivity (Wildman–Crippen MR) is 191 cm³/mol. The molecule has 0 aliphatic rings. The second-order valence-corrected chi connectivity index (χ2v) is 11.7. The summed E-state index contributed by atoms with van der Waals surface area (Å²) in [4.78, 5) is 0. The van der Waals surface area contributed by atoms with E-state index in [1.54, 1.807) is 0 Å². The van der Waals surface area contributed by atoms with E-state index in [9.17, 15) is 5.26 Å². The van der Waals surface area contributed by atoms with Gasteiger partial charge in [0.1, 0.15) is 6.07 Å². The summed E-state index contributed by atoms with van der Waals surface area (Å²) in [5.74, 6) is 0. The van der Waals surface area contributed by atoms with Crippen LogP contribution in [-0.2, 0) is 0 Å². The second-order valence-electron chi connectivity index (χ2n) is 11.7. The Morgan fingerprint density at radius 1 is 0.391 bits per heavy atom. The smallest absolute Gasteiger partial charge is 0.101 e. The van der Waals surface area contributed by atoms with E-state index in [0.717, 1.165) is 44.7 Å². The molecule has 0 saturated carbocycles. The van der Waals surface area contributed by atoms with Gasteiger partial charge in [0, 0.05) is 32.8 Å². The van der Waals surface area contributed by atoms with Gasteiger partial charge in [-0.3, -0.25) is 0 Å². The van der Waals surface area contributed by atoms with Crippen molar-refractivity contribution in [3.8, 4) is 39.7 Å². The standard InChI is InChI=1S/C43H27N3/c44-28-32-15-11-21-34(43(32)46-41-24-7-3-19-37(41)38-20-4-8-25-42(38)46)31-14-9-12-29(26-31)30-13-10-16-33(27-30)45-39-22-5-1-17-35(39)36-18-2-6-23-40(36)45/h1-27H. The molecule has 0 amide bonds. The van der Waals surface area contributed by atoms with Crippen molar-refractivity contribution in [3.63, 3.8) is 0 Å². The van der Waals surface area contributed by atoms with Gasteiger partial charge in [0.25, 0.3) is 0 Å². The average molecular weight is 586 g/mol. The molecule has 3 nitrogen and oxygen atoms in total. The van der Waals surface area contributed by atoms with Crippen LogP contribution >= 0.6 is 0 Å². The Morgan fingerprint density at radius 3 is 1.41 bits per heavy atom. The topological polar surface area (TPSA) is 33.6 Å². The van der Waals surface area contributed by atoms with E-state index in [1.807, 2.05) is 12.1 Å². The van der Waals surface area contributed by atoms with Gasteiger partial charge < -0.3 is 9.13 Å². The Morgan fingerprint density at radius 2 is 0.848 bits per heavy atom. The zero-order valence-electron chi connectivity index (χ0n) is 24.9. The molecule has 2 heterocycles. The van der Waals surface area contributed by atoms with E-state index in [4.69, 9.17) is 0 Å². The minimum atomic E-state index is 0.641. The lowest BCUT2D eigenvalue weighted by atomic mass is 9.96. The summed E-state index contributed by atoms with van der Waals surface area (Å²) in [7, 11) is 0. The summed E-state index contributed by atoms with van der Waals surface area (Å²) in [6.07, 6.45) is 0. The van der Waals surface area contributed by atoms with E-state index < -0.39 is 0 Å². The third-order valence-corrected chi connectivity index (χ3v) is 9.15. The van der Waals surface area contributed by atoms with Crippen molar-refractivity contribution in [1.82, 2.24) is 9.13 Å². The highest BCUT2D eigenvalue weighted by molar-refractivity contribution is 6.10. The van der Waals surface area contributed by atoms with Gasteiger partial charge in [0.2, 0.25) is 0 Å². The molecule has 0 saturated heterocycles. The highest BCUT2D eigenvalue weighted by Crippen LogP contribution is 2.39. The molecule has 0 atom stereocenters. The largest absolute Gasteiger partial charge is 0.309 e. The quantitative estimate of drug-likeness (QED) is 0.202. The molecule has 0 spiro atoms. The monoisotopic (exact) mass is 585 g/mol. The first-order valence-electron chi connectivity index (χ1n) is 15.5. The number of fused-ring (bicyclic) bond motifs is 6. The zero-order chi connectivity index (χ0) is 30.6. The lowest BCUT2D eigenvalue weighted by molar-refractivity contribution is 1.17. The summed E-state index contributed by atoms with van der Waals surface area (Å²) < 4.78 is 4.61. The molecule has 0 bridgehead atoms. The first kappa shape index (κ1) is 26.1. The van der Waals surface area contributed by atoms with Gasteiger partial charge in [-0.25, -0.2) is 0 Å².